The van der Waals surface area contributed by atoms with E-state index in [-0.39, 0.29) is 17.8 Å². The third kappa shape index (κ3) is 4.03. The summed E-state index contributed by atoms with van der Waals surface area (Å²) in [6.07, 6.45) is 1.27. The Labute approximate surface area is 130 Å². The maximum absolute atomic E-state index is 12.0. The lowest BCUT2D eigenvalue weighted by Gasteiger charge is -2.34. The topological polar surface area (TPSA) is 49.8 Å². The van der Waals surface area contributed by atoms with Gasteiger partial charge in [0.15, 0.2) is 0 Å². The molecule has 21 heavy (non-hydrogen) atoms. The molecule has 5 heteroatoms. The Bertz CT molecular complexity index is 496. The Morgan fingerprint density at radius 2 is 1.95 bits per heavy atom. The number of carbonyl (C=O) groups excluding carboxylic acids is 1. The summed E-state index contributed by atoms with van der Waals surface area (Å²) in [5.74, 6) is 0.413. The van der Waals surface area contributed by atoms with Crippen LogP contribution in [-0.4, -0.2) is 34.8 Å². The monoisotopic (exact) mass is 311 g/mol. The summed E-state index contributed by atoms with van der Waals surface area (Å²) in [7, 11) is 0. The van der Waals surface area contributed by atoms with Crippen LogP contribution in [0.25, 0.3) is 0 Å². The van der Waals surface area contributed by atoms with Crippen molar-refractivity contribution in [2.75, 3.05) is 13.1 Å². The van der Waals surface area contributed by atoms with E-state index in [1.807, 2.05) is 20.8 Å². The number of likely N-dealkylation sites (tertiary alicyclic amines) is 1. The fourth-order valence-electron chi connectivity index (χ4n) is 2.61. The lowest BCUT2D eigenvalue weighted by molar-refractivity contribution is 0.0204. The van der Waals surface area contributed by atoms with Crippen LogP contribution in [0.3, 0.4) is 0 Å². The minimum absolute atomic E-state index is 0.178. The zero-order valence-corrected chi connectivity index (χ0v) is 13.5. The molecule has 0 atom stereocenters. The summed E-state index contributed by atoms with van der Waals surface area (Å²) < 4.78 is 5.38. The SMILES string of the molecule is CC(C)(C)OC(=O)N1CCC(c2c(O)cccc2Cl)CC1. The van der Waals surface area contributed by atoms with Crippen molar-refractivity contribution in [3.05, 3.63) is 28.8 Å². The first-order chi connectivity index (χ1) is 9.78. The van der Waals surface area contributed by atoms with E-state index in [1.165, 1.54) is 0 Å². The molecular formula is C16H22ClNO3. The molecule has 0 spiro atoms. The highest BCUT2D eigenvalue weighted by Crippen LogP contribution is 2.38. The second-order valence-corrected chi connectivity index (χ2v) is 6.82. The average molecular weight is 312 g/mol. The Kier molecular flexibility index (Phi) is 4.67. The molecule has 1 saturated heterocycles. The first-order valence-corrected chi connectivity index (χ1v) is 7.61. The zero-order chi connectivity index (χ0) is 15.6. The number of halogens is 1. The van der Waals surface area contributed by atoms with Gasteiger partial charge in [0.1, 0.15) is 11.4 Å². The third-order valence-electron chi connectivity index (χ3n) is 3.58. The van der Waals surface area contributed by atoms with E-state index in [0.717, 1.165) is 18.4 Å². The van der Waals surface area contributed by atoms with E-state index < -0.39 is 5.60 Å². The number of rotatable bonds is 1. The van der Waals surface area contributed by atoms with Gasteiger partial charge in [0.2, 0.25) is 0 Å². The molecular weight excluding hydrogens is 290 g/mol. The van der Waals surface area contributed by atoms with Crippen LogP contribution in [0.15, 0.2) is 18.2 Å². The minimum atomic E-state index is -0.477. The number of piperidine rings is 1. The molecule has 0 radical (unpaired) electrons. The minimum Gasteiger partial charge on any atom is -0.508 e. The zero-order valence-electron chi connectivity index (χ0n) is 12.7. The van der Waals surface area contributed by atoms with Gasteiger partial charge in [0.25, 0.3) is 0 Å². The molecule has 116 valence electrons. The van der Waals surface area contributed by atoms with Crippen LogP contribution in [-0.2, 0) is 4.74 Å². The van der Waals surface area contributed by atoms with Crippen molar-refractivity contribution >= 4 is 17.7 Å². The second-order valence-electron chi connectivity index (χ2n) is 6.41. The molecule has 4 nitrogen and oxygen atoms in total. The largest absolute Gasteiger partial charge is 0.508 e. The fourth-order valence-corrected chi connectivity index (χ4v) is 2.93. The van der Waals surface area contributed by atoms with Crippen molar-refractivity contribution in [1.29, 1.82) is 0 Å². The summed E-state index contributed by atoms with van der Waals surface area (Å²) >= 11 is 6.18. The predicted octanol–water partition coefficient (Wildman–Crippen LogP) is 4.16. The maximum Gasteiger partial charge on any atom is 0.410 e. The van der Waals surface area contributed by atoms with E-state index in [9.17, 15) is 9.90 Å². The number of phenols is 1. The lowest BCUT2D eigenvalue weighted by atomic mass is 9.89. The summed E-state index contributed by atoms with van der Waals surface area (Å²) in [5, 5.41) is 10.6. The van der Waals surface area contributed by atoms with Gasteiger partial charge in [0.05, 0.1) is 0 Å². The molecule has 1 fully saturated rings. The van der Waals surface area contributed by atoms with E-state index in [2.05, 4.69) is 0 Å². The standard InChI is InChI=1S/C16H22ClNO3/c1-16(2,3)21-15(20)18-9-7-11(8-10-18)14-12(17)5-4-6-13(14)19/h4-6,11,19H,7-10H2,1-3H3. The van der Waals surface area contributed by atoms with E-state index in [0.29, 0.717) is 18.1 Å². The van der Waals surface area contributed by atoms with Gasteiger partial charge in [-0.15, -0.1) is 0 Å². The maximum atomic E-state index is 12.0. The molecule has 0 saturated carbocycles. The van der Waals surface area contributed by atoms with Crippen LogP contribution in [0.4, 0.5) is 4.79 Å². The van der Waals surface area contributed by atoms with Crippen LogP contribution < -0.4 is 0 Å². The van der Waals surface area contributed by atoms with E-state index >= 15 is 0 Å². The van der Waals surface area contributed by atoms with Crippen molar-refractivity contribution < 1.29 is 14.6 Å². The quantitative estimate of drug-likeness (QED) is 0.847. The fraction of sp³-hybridized carbons (Fsp3) is 0.562. The van der Waals surface area contributed by atoms with Gasteiger partial charge < -0.3 is 14.7 Å². The van der Waals surface area contributed by atoms with Crippen molar-refractivity contribution in [3.63, 3.8) is 0 Å². The highest BCUT2D eigenvalue weighted by molar-refractivity contribution is 6.31. The molecule has 1 aromatic carbocycles. The van der Waals surface area contributed by atoms with Crippen LogP contribution in [0.5, 0.6) is 5.75 Å². The number of hydrogen-bond donors (Lipinski definition) is 1. The molecule has 1 heterocycles. The predicted molar refractivity (Wildman–Crippen MR) is 82.9 cm³/mol. The summed E-state index contributed by atoms with van der Waals surface area (Å²) in [6.45, 7) is 6.81. The smallest absolute Gasteiger partial charge is 0.410 e. The van der Waals surface area contributed by atoms with Crippen LogP contribution in [0.2, 0.25) is 5.02 Å². The number of aromatic hydroxyl groups is 1. The molecule has 0 unspecified atom stereocenters. The molecule has 0 aliphatic carbocycles. The van der Waals surface area contributed by atoms with Gasteiger partial charge in [-0.2, -0.15) is 0 Å². The third-order valence-corrected chi connectivity index (χ3v) is 3.91. The summed E-state index contributed by atoms with van der Waals surface area (Å²) in [5.41, 5.74) is 0.317. The highest BCUT2D eigenvalue weighted by Gasteiger charge is 2.29. The number of benzene rings is 1. The first kappa shape index (κ1) is 16.0. The Morgan fingerprint density at radius 3 is 2.48 bits per heavy atom. The number of ether oxygens (including phenoxy) is 1. The van der Waals surface area contributed by atoms with Crippen LogP contribution in [0, 0.1) is 0 Å². The number of amides is 1. The number of phenolic OH excluding ortho intramolecular Hbond substituents is 1. The molecule has 0 bridgehead atoms. The molecule has 1 amide bonds. The summed E-state index contributed by atoms with van der Waals surface area (Å²) in [6, 6.07) is 5.18. The van der Waals surface area contributed by atoms with Crippen molar-refractivity contribution in [3.8, 4) is 5.75 Å². The molecule has 2 rings (SSSR count). The molecule has 1 aromatic rings. The van der Waals surface area contributed by atoms with Gasteiger partial charge in [-0.05, 0) is 51.7 Å². The highest BCUT2D eigenvalue weighted by atomic mass is 35.5. The molecule has 1 aliphatic rings. The Morgan fingerprint density at radius 1 is 1.33 bits per heavy atom. The normalized spacial score (nSPS) is 16.9. The van der Waals surface area contributed by atoms with E-state index in [1.54, 1.807) is 23.1 Å². The number of carbonyl (C=O) groups is 1. The van der Waals surface area contributed by atoms with Crippen LogP contribution in [0.1, 0.15) is 45.1 Å². The number of hydrogen-bond acceptors (Lipinski definition) is 3. The Balaban J connectivity index is 1.99. The van der Waals surface area contributed by atoms with E-state index in [4.69, 9.17) is 16.3 Å². The van der Waals surface area contributed by atoms with Gasteiger partial charge in [0, 0.05) is 23.7 Å². The van der Waals surface area contributed by atoms with Crippen LogP contribution >= 0.6 is 11.6 Å². The van der Waals surface area contributed by atoms with Crippen molar-refractivity contribution in [2.24, 2.45) is 0 Å². The average Bonchev–Trinajstić information content (AvgIpc) is 2.37. The van der Waals surface area contributed by atoms with Crippen molar-refractivity contribution in [2.45, 2.75) is 45.1 Å². The van der Waals surface area contributed by atoms with Gasteiger partial charge in [-0.25, -0.2) is 4.79 Å². The van der Waals surface area contributed by atoms with Gasteiger partial charge in [-0.3, -0.25) is 0 Å². The Hall–Kier alpha value is -1.42. The molecule has 0 aromatic heterocycles. The lowest BCUT2D eigenvalue weighted by Crippen LogP contribution is -2.41. The molecule has 1 aliphatic heterocycles. The second kappa shape index (κ2) is 6.14. The number of nitrogens with zero attached hydrogens (tertiary/aromatic N) is 1. The van der Waals surface area contributed by atoms with Gasteiger partial charge >= 0.3 is 6.09 Å². The van der Waals surface area contributed by atoms with Gasteiger partial charge in [-0.1, -0.05) is 17.7 Å². The van der Waals surface area contributed by atoms with Crippen molar-refractivity contribution in [1.82, 2.24) is 4.90 Å². The first-order valence-electron chi connectivity index (χ1n) is 7.23. The summed E-state index contributed by atoms with van der Waals surface area (Å²) in [4.78, 5) is 13.7. The molecule has 1 N–H and O–H groups in total.